The summed E-state index contributed by atoms with van der Waals surface area (Å²) in [5.74, 6) is -1.22. The summed E-state index contributed by atoms with van der Waals surface area (Å²) >= 11 is 0. The van der Waals surface area contributed by atoms with Crippen molar-refractivity contribution >= 4 is 28.5 Å². The number of hydrogen-bond donors (Lipinski definition) is 1. The molecule has 0 unspecified atom stereocenters. The average molecular weight is 367 g/mol. The van der Waals surface area contributed by atoms with Gasteiger partial charge >= 0.3 is 0 Å². The van der Waals surface area contributed by atoms with Gasteiger partial charge in [0.15, 0.2) is 0 Å². The number of likely N-dealkylation sites (tertiary alicyclic amines) is 1. The summed E-state index contributed by atoms with van der Waals surface area (Å²) in [5.41, 5.74) is 1.09. The number of hydrogen-bond acceptors (Lipinski definition) is 3. The lowest BCUT2D eigenvalue weighted by Crippen LogP contribution is -2.34. The monoisotopic (exact) mass is 367 g/mol. The predicted octanol–water partition coefficient (Wildman–Crippen LogP) is 2.53. The van der Waals surface area contributed by atoms with Gasteiger partial charge in [0.25, 0.3) is 11.7 Å². The number of nitrogens with one attached hydrogen (secondary N) is 1. The molecule has 1 aliphatic heterocycles. The molecule has 0 spiro atoms. The number of carbonyl (C=O) groups excluding carboxylic acids is 3. The number of para-hydroxylation sites is 1. The molecule has 0 radical (unpaired) electrons. The Morgan fingerprint density at radius 2 is 1.78 bits per heavy atom. The SMILES string of the molecule is C=CCNC(=O)C(=O)c1cn(CC(=O)N2CCCCCC2)c2ccccc12. The second-order valence-electron chi connectivity index (χ2n) is 6.81. The predicted molar refractivity (Wildman–Crippen MR) is 105 cm³/mol. The van der Waals surface area contributed by atoms with E-state index in [1.165, 1.54) is 6.08 Å². The third kappa shape index (κ3) is 4.27. The number of ketones is 1. The van der Waals surface area contributed by atoms with Crippen molar-refractivity contribution < 1.29 is 14.4 Å². The number of Topliss-reactive ketones (excluding diaryl/α,β-unsaturated/α-hetero) is 1. The number of benzene rings is 1. The van der Waals surface area contributed by atoms with Crippen LogP contribution in [0.5, 0.6) is 0 Å². The number of fused-ring (bicyclic) bond motifs is 1. The van der Waals surface area contributed by atoms with E-state index in [0.717, 1.165) is 44.3 Å². The van der Waals surface area contributed by atoms with E-state index in [-0.39, 0.29) is 19.0 Å². The highest BCUT2D eigenvalue weighted by Gasteiger charge is 2.23. The largest absolute Gasteiger partial charge is 0.346 e. The molecule has 27 heavy (non-hydrogen) atoms. The summed E-state index contributed by atoms with van der Waals surface area (Å²) in [6.45, 7) is 5.50. The zero-order valence-corrected chi connectivity index (χ0v) is 15.4. The van der Waals surface area contributed by atoms with E-state index < -0.39 is 11.7 Å². The van der Waals surface area contributed by atoms with E-state index >= 15 is 0 Å². The van der Waals surface area contributed by atoms with Gasteiger partial charge in [0.05, 0.1) is 5.56 Å². The third-order valence-electron chi connectivity index (χ3n) is 4.91. The Labute approximate surface area is 158 Å². The van der Waals surface area contributed by atoms with Crippen LogP contribution in [0.15, 0.2) is 43.1 Å². The van der Waals surface area contributed by atoms with Crippen LogP contribution < -0.4 is 5.32 Å². The highest BCUT2D eigenvalue weighted by atomic mass is 16.2. The normalized spacial score (nSPS) is 14.6. The van der Waals surface area contributed by atoms with Crippen LogP contribution in [-0.4, -0.2) is 46.7 Å². The van der Waals surface area contributed by atoms with Gasteiger partial charge in [0, 0.05) is 36.7 Å². The van der Waals surface area contributed by atoms with Crippen molar-refractivity contribution in [3.8, 4) is 0 Å². The molecule has 2 heterocycles. The summed E-state index contributed by atoms with van der Waals surface area (Å²) in [5, 5.41) is 3.19. The van der Waals surface area contributed by atoms with Gasteiger partial charge in [-0.2, -0.15) is 0 Å². The molecule has 1 N–H and O–H groups in total. The van der Waals surface area contributed by atoms with Crippen molar-refractivity contribution in [3.05, 3.63) is 48.7 Å². The summed E-state index contributed by atoms with van der Waals surface area (Å²) < 4.78 is 1.77. The lowest BCUT2D eigenvalue weighted by molar-refractivity contribution is -0.131. The van der Waals surface area contributed by atoms with Crippen LogP contribution in [0, 0.1) is 0 Å². The van der Waals surface area contributed by atoms with Crippen LogP contribution in [0.2, 0.25) is 0 Å². The van der Waals surface area contributed by atoms with Gasteiger partial charge in [-0.3, -0.25) is 14.4 Å². The molecule has 1 saturated heterocycles. The van der Waals surface area contributed by atoms with Crippen molar-refractivity contribution in [2.75, 3.05) is 19.6 Å². The molecule has 1 aliphatic rings. The van der Waals surface area contributed by atoms with Crippen molar-refractivity contribution in [2.24, 2.45) is 0 Å². The maximum atomic E-state index is 12.7. The van der Waals surface area contributed by atoms with Crippen LogP contribution in [0.25, 0.3) is 10.9 Å². The number of rotatable bonds is 6. The molecule has 0 bridgehead atoms. The lowest BCUT2D eigenvalue weighted by Gasteiger charge is -2.20. The second kappa shape index (κ2) is 8.66. The van der Waals surface area contributed by atoms with Crippen LogP contribution in [0.1, 0.15) is 36.0 Å². The van der Waals surface area contributed by atoms with Crippen molar-refractivity contribution in [2.45, 2.75) is 32.2 Å². The van der Waals surface area contributed by atoms with Gasteiger partial charge < -0.3 is 14.8 Å². The van der Waals surface area contributed by atoms with Crippen molar-refractivity contribution in [1.82, 2.24) is 14.8 Å². The smallest absolute Gasteiger partial charge is 0.292 e. The Balaban J connectivity index is 1.85. The minimum atomic E-state index is -0.670. The maximum Gasteiger partial charge on any atom is 0.292 e. The molecule has 1 aromatic carbocycles. The molecule has 3 rings (SSSR count). The number of nitrogens with zero attached hydrogens (tertiary/aromatic N) is 2. The first-order valence-electron chi connectivity index (χ1n) is 9.41. The van der Waals surface area contributed by atoms with E-state index in [1.54, 1.807) is 16.8 Å². The molecule has 142 valence electrons. The van der Waals surface area contributed by atoms with Crippen molar-refractivity contribution in [3.63, 3.8) is 0 Å². The summed E-state index contributed by atoms with van der Waals surface area (Å²) in [7, 11) is 0. The van der Waals surface area contributed by atoms with E-state index in [0.29, 0.717) is 10.9 Å². The van der Waals surface area contributed by atoms with Gasteiger partial charge in [0.1, 0.15) is 6.54 Å². The lowest BCUT2D eigenvalue weighted by atomic mass is 10.1. The zero-order valence-electron chi connectivity index (χ0n) is 15.4. The van der Waals surface area contributed by atoms with Crippen LogP contribution in [-0.2, 0) is 16.1 Å². The fraction of sp³-hybridized carbons (Fsp3) is 0.381. The fourth-order valence-electron chi connectivity index (χ4n) is 3.49. The molecular formula is C21H25N3O3. The number of aromatic nitrogens is 1. The van der Waals surface area contributed by atoms with Gasteiger partial charge in [-0.05, 0) is 18.9 Å². The van der Waals surface area contributed by atoms with Gasteiger partial charge in [-0.1, -0.05) is 37.1 Å². The molecule has 2 aromatic rings. The molecular weight excluding hydrogens is 342 g/mol. The Kier molecular flexibility index (Phi) is 6.06. The third-order valence-corrected chi connectivity index (χ3v) is 4.91. The standard InChI is InChI=1S/C21H25N3O3/c1-2-11-22-21(27)20(26)17-14-24(18-10-6-5-9-16(17)18)15-19(25)23-12-7-3-4-8-13-23/h2,5-6,9-10,14H,1,3-4,7-8,11-13,15H2,(H,22,27). The summed E-state index contributed by atoms with van der Waals surface area (Å²) in [6, 6.07) is 7.35. The van der Waals surface area contributed by atoms with Crippen LogP contribution in [0.3, 0.4) is 0 Å². The Hall–Kier alpha value is -2.89. The van der Waals surface area contributed by atoms with Crippen molar-refractivity contribution in [1.29, 1.82) is 0 Å². The molecule has 6 heteroatoms. The Morgan fingerprint density at radius 3 is 2.48 bits per heavy atom. The summed E-state index contributed by atoms with van der Waals surface area (Å²) in [4.78, 5) is 39.3. The second-order valence-corrected chi connectivity index (χ2v) is 6.81. The minimum absolute atomic E-state index is 0.0489. The highest BCUT2D eigenvalue weighted by molar-refractivity contribution is 6.45. The minimum Gasteiger partial charge on any atom is -0.346 e. The highest BCUT2D eigenvalue weighted by Crippen LogP contribution is 2.22. The van der Waals surface area contributed by atoms with Gasteiger partial charge in [-0.15, -0.1) is 6.58 Å². The summed E-state index contributed by atoms with van der Waals surface area (Å²) in [6.07, 6.45) is 7.53. The first-order valence-corrected chi connectivity index (χ1v) is 9.41. The fourth-order valence-corrected chi connectivity index (χ4v) is 3.49. The van der Waals surface area contributed by atoms with E-state index in [9.17, 15) is 14.4 Å². The quantitative estimate of drug-likeness (QED) is 0.484. The first-order chi connectivity index (χ1) is 13.1. The average Bonchev–Trinajstić information content (AvgIpc) is 2.86. The molecule has 0 saturated carbocycles. The first kappa shape index (κ1) is 18.9. The maximum absolute atomic E-state index is 12.7. The number of amides is 2. The molecule has 1 fully saturated rings. The topological polar surface area (TPSA) is 71.4 Å². The Morgan fingerprint density at radius 1 is 1.07 bits per heavy atom. The molecule has 1 aromatic heterocycles. The van der Waals surface area contributed by atoms with Gasteiger partial charge in [0.2, 0.25) is 5.91 Å². The van der Waals surface area contributed by atoms with E-state index in [2.05, 4.69) is 11.9 Å². The van der Waals surface area contributed by atoms with Crippen LogP contribution in [0.4, 0.5) is 0 Å². The van der Waals surface area contributed by atoms with Gasteiger partial charge in [-0.25, -0.2) is 0 Å². The van der Waals surface area contributed by atoms with E-state index in [4.69, 9.17) is 0 Å². The molecule has 2 amide bonds. The van der Waals surface area contributed by atoms with Crippen LogP contribution >= 0.6 is 0 Å². The Bertz CT molecular complexity index is 861. The number of carbonyl (C=O) groups is 3. The zero-order chi connectivity index (χ0) is 19.2. The molecule has 0 atom stereocenters. The molecule has 0 aliphatic carbocycles. The van der Waals surface area contributed by atoms with E-state index in [1.807, 2.05) is 23.1 Å². The molecule has 6 nitrogen and oxygen atoms in total.